The molecule has 0 radical (unpaired) electrons. The zero-order valence-electron chi connectivity index (χ0n) is 16.6. The average Bonchev–Trinajstić information content (AvgIpc) is 3.38. The molecular weight excluding hydrogens is 390 g/mol. The van der Waals surface area contributed by atoms with Crippen LogP contribution < -0.4 is 5.32 Å². The fraction of sp³-hybridized carbons (Fsp3) is 0.524. The van der Waals surface area contributed by atoms with Crippen molar-refractivity contribution >= 4 is 34.0 Å². The first kappa shape index (κ1) is 19.1. The van der Waals surface area contributed by atoms with Gasteiger partial charge in [-0.1, -0.05) is 23.7 Å². The largest absolute Gasteiger partial charge is 0.381 e. The Morgan fingerprint density at radius 3 is 2.83 bits per heavy atom. The number of rotatable bonds is 5. The van der Waals surface area contributed by atoms with Crippen LogP contribution in [-0.4, -0.2) is 71.6 Å². The number of para-hydroxylation sites is 1. The molecule has 4 heterocycles. The van der Waals surface area contributed by atoms with E-state index in [1.165, 1.54) is 0 Å². The number of nitrogens with zero attached hydrogens (tertiary/aromatic N) is 4. The van der Waals surface area contributed by atoms with Crippen LogP contribution in [0.3, 0.4) is 0 Å². The van der Waals surface area contributed by atoms with Gasteiger partial charge in [0.2, 0.25) is 0 Å². The standard InChI is InChI=1S/C21H26ClN5O2/c1-14-19(22)21-24-20(16-4-2-3-5-17(16)27(21)25-14)23-12-18(15-6-9-29-13-15)26-7-10-28-11-8-26/h2-5,15,18H,6-13H2,1H3,(H,23,24)/t15-,18-/m1/s1. The number of hydrogen-bond acceptors (Lipinski definition) is 6. The van der Waals surface area contributed by atoms with Gasteiger partial charge < -0.3 is 14.8 Å². The monoisotopic (exact) mass is 415 g/mol. The Kier molecular flexibility index (Phi) is 5.30. The van der Waals surface area contributed by atoms with Gasteiger partial charge >= 0.3 is 0 Å². The zero-order chi connectivity index (χ0) is 19.8. The summed E-state index contributed by atoms with van der Waals surface area (Å²) in [5, 5.41) is 9.86. The molecule has 0 saturated carbocycles. The molecule has 2 aromatic heterocycles. The van der Waals surface area contributed by atoms with E-state index in [1.807, 2.05) is 23.6 Å². The molecule has 5 rings (SSSR count). The normalized spacial score (nSPS) is 21.8. The molecule has 0 bridgehead atoms. The Bertz CT molecular complexity index is 1010. The number of aryl methyl sites for hydroxylation is 1. The minimum absolute atomic E-state index is 0.389. The fourth-order valence-electron chi connectivity index (χ4n) is 4.48. The Morgan fingerprint density at radius 2 is 2.03 bits per heavy atom. The van der Waals surface area contributed by atoms with E-state index in [2.05, 4.69) is 27.4 Å². The van der Waals surface area contributed by atoms with E-state index < -0.39 is 0 Å². The summed E-state index contributed by atoms with van der Waals surface area (Å²) in [4.78, 5) is 7.38. The molecule has 2 aliphatic rings. The highest BCUT2D eigenvalue weighted by molar-refractivity contribution is 6.34. The summed E-state index contributed by atoms with van der Waals surface area (Å²) in [5.74, 6) is 1.38. The van der Waals surface area contributed by atoms with Gasteiger partial charge in [-0.2, -0.15) is 5.10 Å². The summed E-state index contributed by atoms with van der Waals surface area (Å²) >= 11 is 6.49. The molecule has 2 fully saturated rings. The first-order valence-corrected chi connectivity index (χ1v) is 10.7. The van der Waals surface area contributed by atoms with Gasteiger partial charge in [0.1, 0.15) is 10.8 Å². The lowest BCUT2D eigenvalue weighted by molar-refractivity contribution is 0.00460. The molecule has 1 N–H and O–H groups in total. The second-order valence-electron chi connectivity index (χ2n) is 7.83. The maximum absolute atomic E-state index is 6.49. The van der Waals surface area contributed by atoms with Gasteiger partial charge in [0, 0.05) is 43.6 Å². The van der Waals surface area contributed by atoms with Crippen molar-refractivity contribution in [3.63, 3.8) is 0 Å². The first-order chi connectivity index (χ1) is 14.2. The molecule has 0 unspecified atom stereocenters. The van der Waals surface area contributed by atoms with Crippen molar-refractivity contribution in [3.8, 4) is 0 Å². The minimum Gasteiger partial charge on any atom is -0.381 e. The van der Waals surface area contributed by atoms with Crippen LogP contribution in [0.1, 0.15) is 12.1 Å². The molecule has 1 aromatic carbocycles. The van der Waals surface area contributed by atoms with Crippen LogP contribution in [0.5, 0.6) is 0 Å². The third-order valence-corrected chi connectivity index (χ3v) is 6.51. The zero-order valence-corrected chi connectivity index (χ0v) is 17.4. The lowest BCUT2D eigenvalue weighted by atomic mass is 9.97. The smallest absolute Gasteiger partial charge is 0.176 e. The molecule has 8 heteroatoms. The van der Waals surface area contributed by atoms with Gasteiger partial charge in [-0.05, 0) is 25.5 Å². The number of halogens is 1. The van der Waals surface area contributed by atoms with Gasteiger partial charge in [0.15, 0.2) is 5.65 Å². The van der Waals surface area contributed by atoms with Crippen molar-refractivity contribution < 1.29 is 9.47 Å². The highest BCUT2D eigenvalue weighted by Crippen LogP contribution is 2.29. The lowest BCUT2D eigenvalue weighted by Crippen LogP contribution is -2.50. The number of ether oxygens (including phenoxy) is 2. The van der Waals surface area contributed by atoms with Gasteiger partial charge in [-0.15, -0.1) is 0 Å². The van der Waals surface area contributed by atoms with Gasteiger partial charge in [0.05, 0.1) is 31.0 Å². The number of fused-ring (bicyclic) bond motifs is 3. The summed E-state index contributed by atoms with van der Waals surface area (Å²) in [6, 6.07) is 8.58. The maximum Gasteiger partial charge on any atom is 0.176 e. The summed E-state index contributed by atoms with van der Waals surface area (Å²) in [5.41, 5.74) is 2.48. The van der Waals surface area contributed by atoms with E-state index >= 15 is 0 Å². The van der Waals surface area contributed by atoms with Crippen molar-refractivity contribution in [3.05, 3.63) is 35.0 Å². The number of aromatic nitrogens is 3. The second kappa shape index (κ2) is 8.07. The molecule has 29 heavy (non-hydrogen) atoms. The summed E-state index contributed by atoms with van der Waals surface area (Å²) in [6.45, 7) is 7.91. The van der Waals surface area contributed by atoms with Crippen LogP contribution in [0, 0.1) is 12.8 Å². The number of hydrogen-bond donors (Lipinski definition) is 1. The summed E-state index contributed by atoms with van der Waals surface area (Å²) in [6.07, 6.45) is 1.10. The Morgan fingerprint density at radius 1 is 1.21 bits per heavy atom. The summed E-state index contributed by atoms with van der Waals surface area (Å²) in [7, 11) is 0. The van der Waals surface area contributed by atoms with E-state index in [1.54, 1.807) is 0 Å². The SMILES string of the molecule is Cc1nn2c(nc(NC[C@H]([C@@H]3CCOC3)N3CCOCC3)c3ccccc32)c1Cl. The second-order valence-corrected chi connectivity index (χ2v) is 8.21. The van der Waals surface area contributed by atoms with Gasteiger partial charge in [-0.25, -0.2) is 9.50 Å². The quantitative estimate of drug-likeness (QED) is 0.691. The third kappa shape index (κ3) is 3.57. The van der Waals surface area contributed by atoms with Crippen LogP contribution in [0.2, 0.25) is 5.02 Å². The minimum atomic E-state index is 0.389. The molecule has 0 aliphatic carbocycles. The maximum atomic E-state index is 6.49. The van der Waals surface area contributed by atoms with Gasteiger partial charge in [0.25, 0.3) is 0 Å². The Balaban J connectivity index is 1.48. The van der Waals surface area contributed by atoms with E-state index in [-0.39, 0.29) is 0 Å². The number of anilines is 1. The van der Waals surface area contributed by atoms with Crippen molar-refractivity contribution in [1.82, 2.24) is 19.5 Å². The van der Waals surface area contributed by atoms with Crippen LogP contribution in [0.4, 0.5) is 5.82 Å². The van der Waals surface area contributed by atoms with Crippen LogP contribution >= 0.6 is 11.6 Å². The predicted octanol–water partition coefficient (Wildman–Crippen LogP) is 2.99. The molecule has 2 saturated heterocycles. The first-order valence-electron chi connectivity index (χ1n) is 10.3. The Hall–Kier alpha value is -1.93. The highest BCUT2D eigenvalue weighted by Gasteiger charge is 2.31. The van der Waals surface area contributed by atoms with Crippen LogP contribution in [0.25, 0.3) is 16.6 Å². The number of nitrogens with one attached hydrogen (secondary N) is 1. The topological polar surface area (TPSA) is 63.9 Å². The van der Waals surface area contributed by atoms with E-state index in [4.69, 9.17) is 26.1 Å². The molecule has 0 spiro atoms. The van der Waals surface area contributed by atoms with Gasteiger partial charge in [-0.3, -0.25) is 4.90 Å². The molecule has 2 atom stereocenters. The number of benzene rings is 1. The van der Waals surface area contributed by atoms with Crippen molar-refractivity contribution in [2.24, 2.45) is 5.92 Å². The fourth-order valence-corrected chi connectivity index (χ4v) is 4.64. The molecule has 3 aromatic rings. The predicted molar refractivity (Wildman–Crippen MR) is 114 cm³/mol. The molecular formula is C21H26ClN5O2. The third-order valence-electron chi connectivity index (χ3n) is 6.07. The average molecular weight is 416 g/mol. The van der Waals surface area contributed by atoms with E-state index in [0.717, 1.165) is 74.9 Å². The van der Waals surface area contributed by atoms with E-state index in [0.29, 0.717) is 22.6 Å². The van der Waals surface area contributed by atoms with Crippen molar-refractivity contribution in [1.29, 1.82) is 0 Å². The van der Waals surface area contributed by atoms with Crippen LogP contribution in [-0.2, 0) is 9.47 Å². The van der Waals surface area contributed by atoms with Crippen molar-refractivity contribution in [2.75, 3.05) is 51.4 Å². The molecule has 154 valence electrons. The highest BCUT2D eigenvalue weighted by atomic mass is 35.5. The molecule has 7 nitrogen and oxygen atoms in total. The molecule has 2 aliphatic heterocycles. The summed E-state index contributed by atoms with van der Waals surface area (Å²) < 4.78 is 13.1. The lowest BCUT2D eigenvalue weighted by Gasteiger charge is -2.37. The molecule has 0 amide bonds. The number of morpholine rings is 1. The van der Waals surface area contributed by atoms with Crippen LogP contribution in [0.15, 0.2) is 24.3 Å². The van der Waals surface area contributed by atoms with E-state index in [9.17, 15) is 0 Å². The van der Waals surface area contributed by atoms with Crippen molar-refractivity contribution in [2.45, 2.75) is 19.4 Å². The Labute approximate surface area is 174 Å².